The molecule has 6 rings (SSSR count). The Bertz CT molecular complexity index is 2000. The van der Waals surface area contributed by atoms with Crippen LogP contribution in [0.25, 0.3) is 21.8 Å². The van der Waals surface area contributed by atoms with Gasteiger partial charge in [0, 0.05) is 39.4 Å². The number of fused-ring (bicyclic) bond motifs is 2. The van der Waals surface area contributed by atoms with E-state index in [2.05, 4.69) is 4.98 Å². The average molecular weight is 561 g/mol. The first kappa shape index (κ1) is 24.5. The molecule has 0 spiro atoms. The largest absolute Gasteiger partial charge is 0.358 e. The lowest BCUT2D eigenvalue weighted by atomic mass is 9.88. The van der Waals surface area contributed by atoms with Gasteiger partial charge in [-0.1, -0.05) is 60.7 Å². The van der Waals surface area contributed by atoms with E-state index in [0.717, 1.165) is 27.5 Å². The number of para-hydroxylation sites is 1. The van der Waals surface area contributed by atoms with Gasteiger partial charge < -0.3 is 4.98 Å². The van der Waals surface area contributed by atoms with Crippen molar-refractivity contribution in [3.05, 3.63) is 132 Å². The summed E-state index contributed by atoms with van der Waals surface area (Å²) >= 11 is 0. The third kappa shape index (κ3) is 4.30. The van der Waals surface area contributed by atoms with Crippen molar-refractivity contribution in [1.29, 1.82) is 0 Å². The number of aromatic nitrogens is 2. The number of nitrogens with zero attached hydrogens (tertiary/aromatic N) is 1. The molecule has 6 aromatic rings. The van der Waals surface area contributed by atoms with Gasteiger partial charge in [0.2, 0.25) is 0 Å². The Hall–Kier alpha value is -3.85. The topological polar surface area (TPSA) is 89.0 Å². The predicted octanol–water partition coefficient (Wildman–Crippen LogP) is 6.47. The van der Waals surface area contributed by atoms with Gasteiger partial charge in [-0.05, 0) is 65.0 Å². The maximum atomic E-state index is 13.5. The van der Waals surface area contributed by atoms with Crippen LogP contribution in [-0.2, 0) is 19.1 Å². The Morgan fingerprint density at radius 3 is 2.13 bits per heavy atom. The van der Waals surface area contributed by atoms with Gasteiger partial charge in [-0.15, -0.1) is 0 Å². The highest BCUT2D eigenvalue weighted by atomic mass is 35.7. The zero-order chi connectivity index (χ0) is 26.5. The highest BCUT2D eigenvalue weighted by Crippen LogP contribution is 2.36. The van der Waals surface area contributed by atoms with Crippen LogP contribution in [0.1, 0.15) is 22.7 Å². The van der Waals surface area contributed by atoms with Crippen LogP contribution in [0.5, 0.6) is 0 Å². The Kier molecular flexibility index (Phi) is 5.90. The summed E-state index contributed by atoms with van der Waals surface area (Å²) in [5.74, 6) is -0.423. The second-order valence-corrected chi connectivity index (χ2v) is 13.4. The molecule has 6 nitrogen and oxygen atoms in total. The summed E-state index contributed by atoms with van der Waals surface area (Å²) in [6.45, 7) is 0. The quantitative estimate of drug-likeness (QED) is 0.236. The molecule has 0 saturated heterocycles. The lowest BCUT2D eigenvalue weighted by Gasteiger charge is -2.18. The third-order valence-electron chi connectivity index (χ3n) is 6.65. The summed E-state index contributed by atoms with van der Waals surface area (Å²) in [7, 11) is -2.10. The van der Waals surface area contributed by atoms with Gasteiger partial charge in [0.25, 0.3) is 19.1 Å². The van der Waals surface area contributed by atoms with Gasteiger partial charge in [0.05, 0.1) is 15.3 Å². The Morgan fingerprint density at radius 2 is 1.37 bits per heavy atom. The summed E-state index contributed by atoms with van der Waals surface area (Å²) < 4.78 is 52.5. The molecule has 1 unspecified atom stereocenters. The highest BCUT2D eigenvalue weighted by Gasteiger charge is 2.24. The molecule has 4 aromatic carbocycles. The first-order valence-electron chi connectivity index (χ1n) is 11.8. The van der Waals surface area contributed by atoms with Crippen LogP contribution < -0.4 is 0 Å². The standard InChI is InChI=1S/C29H21ClN2O4S2/c30-37(33,34)25-11-6-8-22(17-25)29(27-18-21-7-4-5-12-26(21)31-27)23-14-13-20-15-16-32(28(20)19-23)38(35,36)24-9-2-1-3-10-24/h1-19,29,31H. The van der Waals surface area contributed by atoms with E-state index in [-0.39, 0.29) is 9.79 Å². The third-order valence-corrected chi connectivity index (χ3v) is 9.71. The second-order valence-electron chi connectivity index (χ2n) is 9.00. The summed E-state index contributed by atoms with van der Waals surface area (Å²) in [6, 6.07) is 32.1. The van der Waals surface area contributed by atoms with Crippen LogP contribution in [0.4, 0.5) is 0 Å². The molecule has 2 heterocycles. The van der Waals surface area contributed by atoms with Crippen molar-refractivity contribution in [2.75, 3.05) is 0 Å². The zero-order valence-electron chi connectivity index (χ0n) is 19.8. The Morgan fingerprint density at radius 1 is 0.658 bits per heavy atom. The van der Waals surface area contributed by atoms with Crippen molar-refractivity contribution in [3.8, 4) is 0 Å². The minimum Gasteiger partial charge on any atom is -0.358 e. The minimum absolute atomic E-state index is 0.00566. The van der Waals surface area contributed by atoms with E-state index in [1.165, 1.54) is 10.0 Å². The van der Waals surface area contributed by atoms with Crippen molar-refractivity contribution < 1.29 is 16.8 Å². The van der Waals surface area contributed by atoms with Gasteiger partial charge in [0.15, 0.2) is 0 Å². The lowest BCUT2D eigenvalue weighted by molar-refractivity contribution is 0.589. The van der Waals surface area contributed by atoms with Crippen molar-refractivity contribution in [2.24, 2.45) is 0 Å². The number of rotatable bonds is 6. The maximum Gasteiger partial charge on any atom is 0.268 e. The van der Waals surface area contributed by atoms with E-state index in [9.17, 15) is 16.8 Å². The SMILES string of the molecule is O=S(=O)(Cl)c1cccc(C(c2ccc3ccn(S(=O)(=O)c4ccccc4)c3c2)c2cc3ccccc3[nH]2)c1. The van der Waals surface area contributed by atoms with Gasteiger partial charge in [-0.25, -0.2) is 20.8 Å². The van der Waals surface area contributed by atoms with E-state index in [4.69, 9.17) is 10.7 Å². The van der Waals surface area contributed by atoms with E-state index in [0.29, 0.717) is 11.1 Å². The van der Waals surface area contributed by atoms with Gasteiger partial charge in [-0.2, -0.15) is 0 Å². The van der Waals surface area contributed by atoms with E-state index < -0.39 is 25.0 Å². The molecule has 0 saturated carbocycles. The molecule has 0 fully saturated rings. The fourth-order valence-corrected chi connectivity index (χ4v) is 7.04. The Labute approximate surface area is 224 Å². The monoisotopic (exact) mass is 560 g/mol. The van der Waals surface area contributed by atoms with Crippen LogP contribution in [0.15, 0.2) is 125 Å². The molecule has 1 atom stereocenters. The molecular weight excluding hydrogens is 540 g/mol. The van der Waals surface area contributed by atoms with Crippen LogP contribution in [0.3, 0.4) is 0 Å². The van der Waals surface area contributed by atoms with E-state index in [1.54, 1.807) is 54.7 Å². The summed E-state index contributed by atoms with van der Waals surface area (Å²) in [5.41, 5.74) is 3.77. The molecule has 0 aliphatic carbocycles. The van der Waals surface area contributed by atoms with Gasteiger partial charge >= 0.3 is 0 Å². The number of aromatic amines is 1. The second kappa shape index (κ2) is 9.16. The van der Waals surface area contributed by atoms with Crippen molar-refractivity contribution in [2.45, 2.75) is 15.7 Å². The fourth-order valence-electron chi connectivity index (χ4n) is 4.86. The van der Waals surface area contributed by atoms with Crippen LogP contribution in [0.2, 0.25) is 0 Å². The first-order chi connectivity index (χ1) is 18.2. The number of hydrogen-bond acceptors (Lipinski definition) is 4. The van der Waals surface area contributed by atoms with E-state index >= 15 is 0 Å². The molecular formula is C29H21ClN2O4S2. The molecule has 190 valence electrons. The van der Waals surface area contributed by atoms with E-state index in [1.807, 2.05) is 54.6 Å². The Balaban J connectivity index is 1.57. The van der Waals surface area contributed by atoms with Crippen molar-refractivity contribution in [3.63, 3.8) is 0 Å². The molecule has 0 aliphatic heterocycles. The summed E-state index contributed by atoms with van der Waals surface area (Å²) in [6.07, 6.45) is 1.55. The number of benzene rings is 4. The van der Waals surface area contributed by atoms with Crippen molar-refractivity contribution >= 4 is 51.6 Å². The summed E-state index contributed by atoms with van der Waals surface area (Å²) in [5, 5.41) is 1.77. The summed E-state index contributed by atoms with van der Waals surface area (Å²) in [4.78, 5) is 3.64. The molecule has 0 radical (unpaired) electrons. The molecule has 38 heavy (non-hydrogen) atoms. The number of nitrogens with one attached hydrogen (secondary N) is 1. The molecule has 2 aromatic heterocycles. The molecule has 1 N–H and O–H groups in total. The molecule has 0 bridgehead atoms. The van der Waals surface area contributed by atoms with Crippen LogP contribution in [0, 0.1) is 0 Å². The normalized spacial score (nSPS) is 13.2. The first-order valence-corrected chi connectivity index (χ1v) is 15.5. The van der Waals surface area contributed by atoms with Crippen LogP contribution >= 0.6 is 10.7 Å². The smallest absolute Gasteiger partial charge is 0.268 e. The number of halogens is 1. The molecule has 9 heteroatoms. The number of H-pyrrole nitrogens is 1. The maximum absolute atomic E-state index is 13.5. The molecule has 0 amide bonds. The van der Waals surface area contributed by atoms with Gasteiger partial charge in [0.1, 0.15) is 0 Å². The van der Waals surface area contributed by atoms with Crippen molar-refractivity contribution in [1.82, 2.24) is 8.96 Å². The van der Waals surface area contributed by atoms with Gasteiger partial charge in [-0.3, -0.25) is 0 Å². The molecule has 0 aliphatic rings. The lowest BCUT2D eigenvalue weighted by Crippen LogP contribution is -2.12. The average Bonchev–Trinajstić information content (AvgIpc) is 3.53. The highest BCUT2D eigenvalue weighted by molar-refractivity contribution is 8.13. The minimum atomic E-state index is -3.95. The zero-order valence-corrected chi connectivity index (χ0v) is 22.2. The predicted molar refractivity (Wildman–Crippen MR) is 150 cm³/mol. The number of hydrogen-bond donors (Lipinski definition) is 1. The van der Waals surface area contributed by atoms with Crippen LogP contribution in [-0.4, -0.2) is 25.8 Å². The fraction of sp³-hybridized carbons (Fsp3) is 0.0345.